The number of hydrogen-bond donors (Lipinski definition) is 2. The summed E-state index contributed by atoms with van der Waals surface area (Å²) in [7, 11) is -1.26. The van der Waals surface area contributed by atoms with E-state index in [1.54, 1.807) is 6.92 Å². The van der Waals surface area contributed by atoms with Gasteiger partial charge in [-0.3, -0.25) is 4.79 Å². The number of aromatic nitrogens is 2. The largest absolute Gasteiger partial charge is 0.495 e. The molecular formula is C19H21N3O6S2. The first-order valence-corrected chi connectivity index (χ1v) is 11.2. The number of benzene rings is 1. The summed E-state index contributed by atoms with van der Waals surface area (Å²) in [6.45, 7) is 5.34. The molecule has 2 aromatic heterocycles. The van der Waals surface area contributed by atoms with E-state index in [-0.39, 0.29) is 27.6 Å². The third-order valence-electron chi connectivity index (χ3n) is 4.68. The fourth-order valence-corrected chi connectivity index (χ4v) is 4.83. The summed E-state index contributed by atoms with van der Waals surface area (Å²) in [5, 5.41) is 0.525. The quantitative estimate of drug-likeness (QED) is 0.551. The van der Waals surface area contributed by atoms with Gasteiger partial charge in [-0.25, -0.2) is 22.9 Å². The molecule has 0 amide bonds. The van der Waals surface area contributed by atoms with E-state index >= 15 is 0 Å². The Morgan fingerprint density at radius 2 is 2.00 bits per heavy atom. The highest BCUT2D eigenvalue weighted by Crippen LogP contribution is 2.28. The minimum absolute atomic E-state index is 0.0164. The summed E-state index contributed by atoms with van der Waals surface area (Å²) in [4.78, 5) is 33.5. The monoisotopic (exact) mass is 451 g/mol. The lowest BCUT2D eigenvalue weighted by Crippen LogP contribution is -2.20. The van der Waals surface area contributed by atoms with Crippen molar-refractivity contribution in [2.24, 2.45) is 0 Å². The number of methoxy groups -OCH3 is 1. The van der Waals surface area contributed by atoms with Gasteiger partial charge in [0, 0.05) is 4.88 Å². The van der Waals surface area contributed by atoms with Crippen molar-refractivity contribution in [1.29, 1.82) is 0 Å². The Kier molecular flexibility index (Phi) is 5.97. The highest BCUT2D eigenvalue weighted by atomic mass is 32.2. The van der Waals surface area contributed by atoms with E-state index in [4.69, 9.17) is 9.47 Å². The maximum Gasteiger partial charge on any atom is 0.338 e. The van der Waals surface area contributed by atoms with Crippen molar-refractivity contribution < 1.29 is 22.7 Å². The van der Waals surface area contributed by atoms with Gasteiger partial charge in [0.25, 0.3) is 5.56 Å². The second-order valence-corrected chi connectivity index (χ2v) is 9.59. The number of nitrogens with zero attached hydrogens (tertiary/aromatic N) is 1. The Labute approximate surface area is 177 Å². The average molecular weight is 452 g/mol. The molecule has 3 rings (SSSR count). The molecule has 0 radical (unpaired) electrons. The molecule has 2 heterocycles. The lowest BCUT2D eigenvalue weighted by molar-refractivity contribution is 0.0319. The Morgan fingerprint density at radius 3 is 2.63 bits per heavy atom. The molecule has 1 aromatic carbocycles. The van der Waals surface area contributed by atoms with Crippen molar-refractivity contribution in [3.63, 3.8) is 0 Å². The highest BCUT2D eigenvalue weighted by molar-refractivity contribution is 7.89. The number of sulfonamides is 1. The van der Waals surface area contributed by atoms with Crippen LogP contribution in [0.1, 0.15) is 39.7 Å². The van der Waals surface area contributed by atoms with E-state index in [0.29, 0.717) is 10.2 Å². The first-order valence-electron chi connectivity index (χ1n) is 8.91. The number of fused-ring (bicyclic) bond motifs is 1. The molecule has 160 valence electrons. The Hall–Kier alpha value is -2.76. The molecule has 0 fully saturated rings. The standard InChI is InChI=1S/C19H21N3O6S2/c1-9-11(3)29-18-15(9)17(23)21-16(22-18)10(2)28-19(24)12-6-7-13(27-5)14(8-12)30(25,26)20-4/h6-8,10,20H,1-5H3,(H,21,22,23)/t10-/m1/s1. The number of rotatable bonds is 6. The summed E-state index contributed by atoms with van der Waals surface area (Å²) in [6, 6.07) is 3.94. The molecule has 0 aliphatic carbocycles. The van der Waals surface area contributed by atoms with Gasteiger partial charge in [-0.05, 0) is 51.6 Å². The van der Waals surface area contributed by atoms with Crippen LogP contribution >= 0.6 is 11.3 Å². The minimum Gasteiger partial charge on any atom is -0.495 e. The van der Waals surface area contributed by atoms with Crippen molar-refractivity contribution in [3.8, 4) is 5.75 Å². The van der Waals surface area contributed by atoms with Gasteiger partial charge in [0.1, 0.15) is 15.5 Å². The Morgan fingerprint density at radius 1 is 1.30 bits per heavy atom. The first-order chi connectivity index (χ1) is 14.1. The zero-order chi connectivity index (χ0) is 22.2. The number of hydrogen-bond acceptors (Lipinski definition) is 8. The average Bonchev–Trinajstić information content (AvgIpc) is 3.01. The first kappa shape index (κ1) is 21.9. The second-order valence-electron chi connectivity index (χ2n) is 6.54. The van der Waals surface area contributed by atoms with Gasteiger partial charge in [-0.15, -0.1) is 11.3 Å². The van der Waals surface area contributed by atoms with Crippen molar-refractivity contribution in [3.05, 3.63) is 50.4 Å². The van der Waals surface area contributed by atoms with Crippen LogP contribution in [0.3, 0.4) is 0 Å². The zero-order valence-electron chi connectivity index (χ0n) is 17.0. The Bertz CT molecular complexity index is 1290. The van der Waals surface area contributed by atoms with Gasteiger partial charge in [0.15, 0.2) is 11.9 Å². The molecule has 3 aromatic rings. The molecular weight excluding hydrogens is 430 g/mol. The number of esters is 1. The van der Waals surface area contributed by atoms with Crippen LogP contribution in [0.15, 0.2) is 27.9 Å². The number of carbonyl (C=O) groups is 1. The number of aryl methyl sites for hydroxylation is 2. The van der Waals surface area contributed by atoms with Gasteiger partial charge in [-0.2, -0.15) is 0 Å². The smallest absolute Gasteiger partial charge is 0.338 e. The number of nitrogens with one attached hydrogen (secondary N) is 2. The number of H-pyrrole nitrogens is 1. The lowest BCUT2D eigenvalue weighted by atomic mass is 10.2. The van der Waals surface area contributed by atoms with E-state index in [1.807, 2.05) is 13.8 Å². The van der Waals surface area contributed by atoms with Crippen LogP contribution in [0.5, 0.6) is 5.75 Å². The minimum atomic E-state index is -3.85. The van der Waals surface area contributed by atoms with Crippen LogP contribution in [-0.4, -0.2) is 38.5 Å². The van der Waals surface area contributed by atoms with Crippen LogP contribution in [0.2, 0.25) is 0 Å². The lowest BCUT2D eigenvalue weighted by Gasteiger charge is -2.14. The van der Waals surface area contributed by atoms with E-state index in [0.717, 1.165) is 10.4 Å². The predicted octanol–water partition coefficient (Wildman–Crippen LogP) is 2.44. The molecule has 2 N–H and O–H groups in total. The zero-order valence-corrected chi connectivity index (χ0v) is 18.7. The van der Waals surface area contributed by atoms with Crippen LogP contribution in [0, 0.1) is 13.8 Å². The maximum absolute atomic E-state index is 12.6. The molecule has 0 aliphatic rings. The topological polar surface area (TPSA) is 127 Å². The molecule has 0 saturated heterocycles. The molecule has 9 nitrogen and oxygen atoms in total. The van der Waals surface area contributed by atoms with E-state index in [9.17, 15) is 18.0 Å². The SMILES string of the molecule is CNS(=O)(=O)c1cc(C(=O)O[C@H](C)c2nc3sc(C)c(C)c3c(=O)[nH]2)ccc1OC. The van der Waals surface area contributed by atoms with E-state index < -0.39 is 22.1 Å². The Balaban J connectivity index is 1.92. The third kappa shape index (κ3) is 3.95. The van der Waals surface area contributed by atoms with Gasteiger partial charge < -0.3 is 14.5 Å². The van der Waals surface area contributed by atoms with Crippen LogP contribution < -0.4 is 15.0 Å². The normalized spacial score (nSPS) is 12.7. The van der Waals surface area contributed by atoms with Crippen LogP contribution in [-0.2, 0) is 14.8 Å². The fourth-order valence-electron chi connectivity index (χ4n) is 2.87. The molecule has 0 bridgehead atoms. The predicted molar refractivity (Wildman–Crippen MR) is 113 cm³/mol. The fraction of sp³-hybridized carbons (Fsp3) is 0.316. The maximum atomic E-state index is 12.6. The number of ether oxygens (including phenoxy) is 2. The summed E-state index contributed by atoms with van der Waals surface area (Å²) >= 11 is 1.39. The van der Waals surface area contributed by atoms with E-state index in [2.05, 4.69) is 14.7 Å². The molecule has 0 spiro atoms. The highest BCUT2D eigenvalue weighted by Gasteiger charge is 2.23. The van der Waals surface area contributed by atoms with Crippen LogP contribution in [0.25, 0.3) is 10.2 Å². The second kappa shape index (κ2) is 8.17. The number of aromatic amines is 1. The summed E-state index contributed by atoms with van der Waals surface area (Å²) in [5.74, 6) is -0.466. The molecule has 0 aliphatic heterocycles. The van der Waals surface area contributed by atoms with E-state index in [1.165, 1.54) is 43.7 Å². The van der Waals surface area contributed by atoms with Crippen LogP contribution in [0.4, 0.5) is 0 Å². The summed E-state index contributed by atoms with van der Waals surface area (Å²) in [6.07, 6.45) is -0.858. The van der Waals surface area contributed by atoms with Crippen molar-refractivity contribution in [1.82, 2.24) is 14.7 Å². The van der Waals surface area contributed by atoms with Gasteiger partial charge in [0.05, 0.1) is 18.1 Å². The number of thiophene rings is 1. The van der Waals surface area contributed by atoms with Gasteiger partial charge in [-0.1, -0.05) is 0 Å². The van der Waals surface area contributed by atoms with Crippen molar-refractivity contribution >= 4 is 37.5 Å². The summed E-state index contributed by atoms with van der Waals surface area (Å²) in [5.41, 5.74) is 0.589. The van der Waals surface area contributed by atoms with Crippen molar-refractivity contribution in [2.45, 2.75) is 31.8 Å². The number of carbonyl (C=O) groups excluding carboxylic acids is 1. The molecule has 11 heteroatoms. The molecule has 0 saturated carbocycles. The van der Waals surface area contributed by atoms with Gasteiger partial charge >= 0.3 is 5.97 Å². The summed E-state index contributed by atoms with van der Waals surface area (Å²) < 4.78 is 37.1. The van der Waals surface area contributed by atoms with Crippen molar-refractivity contribution in [2.75, 3.05) is 14.2 Å². The molecule has 30 heavy (non-hydrogen) atoms. The molecule has 1 atom stereocenters. The third-order valence-corrected chi connectivity index (χ3v) is 7.22. The van der Waals surface area contributed by atoms with Gasteiger partial charge in [0.2, 0.25) is 10.0 Å². The molecule has 0 unspecified atom stereocenters.